The zero-order valence-corrected chi connectivity index (χ0v) is 15.8. The second-order valence-corrected chi connectivity index (χ2v) is 8.73. The Morgan fingerprint density at radius 1 is 0.929 bits per heavy atom. The number of halogens is 1. The molecular formula is C24H20FNO2. The Morgan fingerprint density at radius 3 is 2.32 bits per heavy atom. The van der Waals surface area contributed by atoms with Crippen molar-refractivity contribution in [2.24, 2.45) is 16.3 Å². The van der Waals surface area contributed by atoms with Crippen molar-refractivity contribution in [1.29, 1.82) is 0 Å². The van der Waals surface area contributed by atoms with Crippen LogP contribution in [0.25, 0.3) is 5.70 Å². The normalized spacial score (nSPS) is 25.2. The fourth-order valence-electron chi connectivity index (χ4n) is 4.95. The molecule has 1 fully saturated rings. The van der Waals surface area contributed by atoms with Crippen LogP contribution < -0.4 is 0 Å². The number of fused-ring (bicyclic) bond motifs is 3. The Labute approximate surface area is 163 Å². The van der Waals surface area contributed by atoms with Gasteiger partial charge in [0, 0.05) is 34.8 Å². The van der Waals surface area contributed by atoms with Crippen molar-refractivity contribution in [3.05, 3.63) is 76.6 Å². The number of ketones is 2. The molecule has 28 heavy (non-hydrogen) atoms. The lowest BCUT2D eigenvalue weighted by molar-refractivity contribution is -0.124. The van der Waals surface area contributed by atoms with Crippen LogP contribution in [-0.2, 0) is 4.79 Å². The van der Waals surface area contributed by atoms with Crippen molar-refractivity contribution in [1.82, 2.24) is 0 Å². The fourth-order valence-corrected chi connectivity index (χ4v) is 4.95. The van der Waals surface area contributed by atoms with Crippen LogP contribution in [0.1, 0.15) is 54.1 Å². The van der Waals surface area contributed by atoms with Crippen LogP contribution in [-0.4, -0.2) is 17.3 Å². The number of benzene rings is 2. The highest BCUT2D eigenvalue weighted by atomic mass is 19.1. The standard InChI is InChI=1S/C24H20FNO2/c1-24(2)11-17-20(18(27)12-24)19(13-7-9-14(25)10-8-13)21-22(26-17)15-5-3-4-6-16(15)23(21)28/h3-10,19-20H,11-12H2,1-2H3/t19-,20?/m0/s1. The first-order chi connectivity index (χ1) is 13.4. The summed E-state index contributed by atoms with van der Waals surface area (Å²) in [6.45, 7) is 4.16. The van der Waals surface area contributed by atoms with E-state index in [4.69, 9.17) is 4.99 Å². The Kier molecular flexibility index (Phi) is 3.57. The summed E-state index contributed by atoms with van der Waals surface area (Å²) in [4.78, 5) is 31.3. The number of carbonyl (C=O) groups is 2. The Balaban J connectivity index is 1.75. The first-order valence-electron chi connectivity index (χ1n) is 9.60. The minimum Gasteiger partial charge on any atom is -0.299 e. The summed E-state index contributed by atoms with van der Waals surface area (Å²) in [5.74, 6) is -1.15. The van der Waals surface area contributed by atoms with E-state index in [1.54, 1.807) is 12.1 Å². The topological polar surface area (TPSA) is 46.5 Å². The average Bonchev–Trinajstić information content (AvgIpc) is 2.93. The molecule has 2 aromatic carbocycles. The van der Waals surface area contributed by atoms with Gasteiger partial charge < -0.3 is 0 Å². The molecule has 1 heterocycles. The van der Waals surface area contributed by atoms with Crippen LogP contribution in [0.3, 0.4) is 0 Å². The molecule has 0 N–H and O–H groups in total. The van der Waals surface area contributed by atoms with Gasteiger partial charge in [0.05, 0.1) is 11.6 Å². The molecule has 4 heteroatoms. The molecule has 1 unspecified atom stereocenters. The molecule has 0 bridgehead atoms. The van der Waals surface area contributed by atoms with Crippen molar-refractivity contribution in [3.8, 4) is 0 Å². The predicted molar refractivity (Wildman–Crippen MR) is 106 cm³/mol. The van der Waals surface area contributed by atoms with E-state index in [1.807, 2.05) is 24.3 Å². The second-order valence-electron chi connectivity index (χ2n) is 8.73. The highest BCUT2D eigenvalue weighted by Crippen LogP contribution is 2.51. The van der Waals surface area contributed by atoms with Gasteiger partial charge in [-0.15, -0.1) is 0 Å². The van der Waals surface area contributed by atoms with E-state index in [1.165, 1.54) is 12.1 Å². The molecule has 2 aliphatic carbocycles. The quantitative estimate of drug-likeness (QED) is 0.708. The zero-order chi connectivity index (χ0) is 19.6. The maximum atomic E-state index is 13.6. The molecule has 0 aromatic heterocycles. The van der Waals surface area contributed by atoms with Crippen LogP contribution in [0.15, 0.2) is 59.1 Å². The number of rotatable bonds is 1. The van der Waals surface area contributed by atoms with Gasteiger partial charge in [0.25, 0.3) is 0 Å². The van der Waals surface area contributed by atoms with E-state index >= 15 is 0 Å². The van der Waals surface area contributed by atoms with E-state index in [-0.39, 0.29) is 22.8 Å². The van der Waals surface area contributed by atoms with Crippen molar-refractivity contribution in [2.75, 3.05) is 0 Å². The Bertz CT molecular complexity index is 1090. The SMILES string of the molecule is CC1(C)CC(=O)C2C(=NC3=C(C(=O)c4ccccc43)[C@H]2c2ccc(F)cc2)C1. The van der Waals surface area contributed by atoms with Gasteiger partial charge in [-0.25, -0.2) is 4.39 Å². The molecule has 0 spiro atoms. The van der Waals surface area contributed by atoms with Gasteiger partial charge in [0.1, 0.15) is 11.6 Å². The molecule has 5 rings (SSSR count). The van der Waals surface area contributed by atoms with E-state index in [9.17, 15) is 14.0 Å². The van der Waals surface area contributed by atoms with Crippen molar-refractivity contribution in [2.45, 2.75) is 32.6 Å². The molecule has 140 valence electrons. The number of hydrogen-bond acceptors (Lipinski definition) is 3. The second kappa shape index (κ2) is 5.81. The van der Waals surface area contributed by atoms with Crippen LogP contribution in [0, 0.1) is 17.2 Å². The fraction of sp³-hybridized carbons (Fsp3) is 0.292. The molecule has 3 nitrogen and oxygen atoms in total. The van der Waals surface area contributed by atoms with Gasteiger partial charge in [-0.2, -0.15) is 0 Å². The molecule has 0 radical (unpaired) electrons. The van der Waals surface area contributed by atoms with Crippen LogP contribution >= 0.6 is 0 Å². The zero-order valence-electron chi connectivity index (χ0n) is 15.8. The van der Waals surface area contributed by atoms with Gasteiger partial charge in [-0.1, -0.05) is 50.2 Å². The molecule has 3 aliphatic rings. The maximum absolute atomic E-state index is 13.6. The highest BCUT2D eigenvalue weighted by molar-refractivity contribution is 6.25. The smallest absolute Gasteiger partial charge is 0.192 e. The summed E-state index contributed by atoms with van der Waals surface area (Å²) >= 11 is 0. The number of allylic oxidation sites excluding steroid dienone is 1. The lowest BCUT2D eigenvalue weighted by Crippen LogP contribution is -2.43. The summed E-state index contributed by atoms with van der Waals surface area (Å²) in [5, 5.41) is 0. The molecule has 0 saturated heterocycles. The summed E-state index contributed by atoms with van der Waals surface area (Å²) in [6.07, 6.45) is 1.17. The number of aliphatic imine (C=N–C) groups is 1. The Morgan fingerprint density at radius 2 is 1.61 bits per heavy atom. The lowest BCUT2D eigenvalue weighted by Gasteiger charge is -2.40. The Hall–Kier alpha value is -2.88. The maximum Gasteiger partial charge on any atom is 0.192 e. The third-order valence-corrected chi connectivity index (χ3v) is 6.07. The molecular weight excluding hydrogens is 353 g/mol. The highest BCUT2D eigenvalue weighted by Gasteiger charge is 2.49. The van der Waals surface area contributed by atoms with Gasteiger partial charge >= 0.3 is 0 Å². The van der Waals surface area contributed by atoms with E-state index in [0.717, 1.165) is 16.8 Å². The predicted octanol–water partition coefficient (Wildman–Crippen LogP) is 4.98. The molecule has 2 atom stereocenters. The summed E-state index contributed by atoms with van der Waals surface area (Å²) in [6, 6.07) is 13.6. The van der Waals surface area contributed by atoms with E-state index in [0.29, 0.717) is 29.7 Å². The third-order valence-electron chi connectivity index (χ3n) is 6.07. The number of hydrogen-bond donors (Lipinski definition) is 0. The van der Waals surface area contributed by atoms with Crippen LogP contribution in [0.2, 0.25) is 0 Å². The monoisotopic (exact) mass is 373 g/mol. The largest absolute Gasteiger partial charge is 0.299 e. The average molecular weight is 373 g/mol. The van der Waals surface area contributed by atoms with E-state index < -0.39 is 11.8 Å². The van der Waals surface area contributed by atoms with Crippen molar-refractivity contribution < 1.29 is 14.0 Å². The summed E-state index contributed by atoms with van der Waals surface area (Å²) in [7, 11) is 0. The van der Waals surface area contributed by atoms with Crippen molar-refractivity contribution in [3.63, 3.8) is 0 Å². The minimum absolute atomic E-state index is 0.0691. The minimum atomic E-state index is -0.449. The van der Waals surface area contributed by atoms with Gasteiger partial charge in [0.2, 0.25) is 0 Å². The number of nitrogens with zero attached hydrogens (tertiary/aromatic N) is 1. The first-order valence-corrected chi connectivity index (χ1v) is 9.60. The molecule has 2 aromatic rings. The van der Waals surface area contributed by atoms with Crippen molar-refractivity contribution >= 4 is 23.0 Å². The molecule has 1 saturated carbocycles. The summed E-state index contributed by atoms with van der Waals surface area (Å²) in [5.41, 5.74) is 4.21. The molecule has 0 amide bonds. The van der Waals surface area contributed by atoms with Gasteiger partial charge in [-0.05, 0) is 29.5 Å². The lowest BCUT2D eigenvalue weighted by atomic mass is 9.63. The number of carbonyl (C=O) groups excluding carboxylic acids is 2. The van der Waals surface area contributed by atoms with Gasteiger partial charge in [0.15, 0.2) is 5.78 Å². The third kappa shape index (κ3) is 2.44. The first kappa shape index (κ1) is 17.2. The van der Waals surface area contributed by atoms with Crippen LogP contribution in [0.5, 0.6) is 0 Å². The van der Waals surface area contributed by atoms with Crippen LogP contribution in [0.4, 0.5) is 4.39 Å². The molecule has 1 aliphatic heterocycles. The number of Topliss-reactive ketones (excluding diaryl/α,β-unsaturated/α-hetero) is 2. The van der Waals surface area contributed by atoms with Gasteiger partial charge in [-0.3, -0.25) is 14.6 Å². The summed E-state index contributed by atoms with van der Waals surface area (Å²) < 4.78 is 13.6. The van der Waals surface area contributed by atoms with E-state index in [2.05, 4.69) is 13.8 Å².